The van der Waals surface area contributed by atoms with Crippen molar-refractivity contribution in [2.75, 3.05) is 19.8 Å². The number of hydrogen-bond acceptors (Lipinski definition) is 3. The van der Waals surface area contributed by atoms with E-state index in [1.54, 1.807) is 24.1 Å². The van der Waals surface area contributed by atoms with Crippen molar-refractivity contribution in [2.24, 2.45) is 0 Å². The van der Waals surface area contributed by atoms with Gasteiger partial charge in [0, 0.05) is 25.4 Å². The number of rotatable bonds is 5. The van der Waals surface area contributed by atoms with Crippen molar-refractivity contribution < 1.29 is 13.2 Å². The van der Waals surface area contributed by atoms with E-state index >= 15 is 0 Å². The molecule has 0 heterocycles. The van der Waals surface area contributed by atoms with E-state index in [2.05, 4.69) is 6.92 Å². The Morgan fingerprint density at radius 3 is 2.22 bits per heavy atom. The third kappa shape index (κ3) is 3.84. The molecule has 1 aromatic rings. The van der Waals surface area contributed by atoms with Gasteiger partial charge in [0.15, 0.2) is 9.84 Å². The highest BCUT2D eigenvalue weighted by molar-refractivity contribution is 7.90. The van der Waals surface area contributed by atoms with Gasteiger partial charge in [-0.05, 0) is 30.7 Å². The average Bonchev–Trinajstić information content (AvgIpc) is 2.34. The van der Waals surface area contributed by atoms with Crippen LogP contribution in [0.25, 0.3) is 0 Å². The Morgan fingerprint density at radius 1 is 1.22 bits per heavy atom. The van der Waals surface area contributed by atoms with Crippen LogP contribution in [0, 0.1) is 0 Å². The third-order valence-electron chi connectivity index (χ3n) is 2.72. The van der Waals surface area contributed by atoms with E-state index in [9.17, 15) is 13.2 Å². The zero-order valence-corrected chi connectivity index (χ0v) is 11.8. The molecule has 100 valence electrons. The highest BCUT2D eigenvalue weighted by Crippen LogP contribution is 2.12. The lowest BCUT2D eigenvalue weighted by molar-refractivity contribution is 0.0793. The van der Waals surface area contributed by atoms with Gasteiger partial charge in [0.1, 0.15) is 0 Å². The summed E-state index contributed by atoms with van der Waals surface area (Å²) < 4.78 is 22.6. The predicted molar refractivity (Wildman–Crippen MR) is 71.4 cm³/mol. The summed E-state index contributed by atoms with van der Waals surface area (Å²) in [5.41, 5.74) is 0.515. The summed E-state index contributed by atoms with van der Waals surface area (Å²) in [5, 5.41) is 0. The van der Waals surface area contributed by atoms with Crippen LogP contribution in [0.15, 0.2) is 29.2 Å². The second-order valence-corrected chi connectivity index (χ2v) is 6.39. The van der Waals surface area contributed by atoms with Gasteiger partial charge >= 0.3 is 0 Å². The number of nitrogens with zero attached hydrogens (tertiary/aromatic N) is 1. The summed E-state index contributed by atoms with van der Waals surface area (Å²) in [6.07, 6.45) is 3.14. The topological polar surface area (TPSA) is 54.5 Å². The maximum atomic E-state index is 12.0. The molecule has 0 spiro atoms. The van der Waals surface area contributed by atoms with E-state index in [-0.39, 0.29) is 10.8 Å². The average molecular weight is 269 g/mol. The molecule has 1 rings (SSSR count). The lowest BCUT2D eigenvalue weighted by Crippen LogP contribution is -2.27. The van der Waals surface area contributed by atoms with Crippen LogP contribution >= 0.6 is 0 Å². The molecule has 0 saturated carbocycles. The van der Waals surface area contributed by atoms with Gasteiger partial charge in [-0.3, -0.25) is 4.79 Å². The van der Waals surface area contributed by atoms with Crippen LogP contribution in [0.3, 0.4) is 0 Å². The van der Waals surface area contributed by atoms with Gasteiger partial charge in [-0.2, -0.15) is 0 Å². The van der Waals surface area contributed by atoms with E-state index in [0.29, 0.717) is 12.1 Å². The normalized spacial score (nSPS) is 11.3. The zero-order valence-electron chi connectivity index (χ0n) is 11.0. The monoisotopic (exact) mass is 269 g/mol. The van der Waals surface area contributed by atoms with Gasteiger partial charge in [0.25, 0.3) is 5.91 Å². The van der Waals surface area contributed by atoms with Gasteiger partial charge in [0.2, 0.25) is 0 Å². The van der Waals surface area contributed by atoms with Crippen LogP contribution in [0.2, 0.25) is 0 Å². The minimum absolute atomic E-state index is 0.0801. The zero-order chi connectivity index (χ0) is 13.8. The lowest BCUT2D eigenvalue weighted by atomic mass is 10.2. The van der Waals surface area contributed by atoms with Crippen molar-refractivity contribution in [1.82, 2.24) is 4.90 Å². The molecule has 4 nitrogen and oxygen atoms in total. The molecule has 0 aromatic heterocycles. The van der Waals surface area contributed by atoms with Crippen molar-refractivity contribution in [3.8, 4) is 0 Å². The molecule has 5 heteroatoms. The third-order valence-corrected chi connectivity index (χ3v) is 3.85. The quantitative estimate of drug-likeness (QED) is 0.821. The molecule has 0 bridgehead atoms. The fraction of sp³-hybridized carbons (Fsp3) is 0.462. The molecule has 0 fully saturated rings. The fourth-order valence-electron chi connectivity index (χ4n) is 1.56. The molecule has 0 radical (unpaired) electrons. The lowest BCUT2D eigenvalue weighted by Gasteiger charge is -2.16. The Morgan fingerprint density at radius 2 is 1.78 bits per heavy atom. The number of unbranched alkanes of at least 4 members (excludes halogenated alkanes) is 1. The molecule has 0 unspecified atom stereocenters. The predicted octanol–water partition coefficient (Wildman–Crippen LogP) is 1.96. The highest BCUT2D eigenvalue weighted by Gasteiger charge is 2.12. The van der Waals surface area contributed by atoms with E-state index in [4.69, 9.17) is 0 Å². The fourth-order valence-corrected chi connectivity index (χ4v) is 2.19. The SMILES string of the molecule is CCCCN(C)C(=O)c1ccc(S(C)(=O)=O)cc1. The number of amides is 1. The first-order valence-corrected chi connectivity index (χ1v) is 7.81. The maximum Gasteiger partial charge on any atom is 0.253 e. The molecule has 0 aliphatic heterocycles. The minimum atomic E-state index is -3.20. The van der Waals surface area contributed by atoms with Gasteiger partial charge in [-0.25, -0.2) is 8.42 Å². The van der Waals surface area contributed by atoms with Gasteiger partial charge in [-0.15, -0.1) is 0 Å². The first kappa shape index (κ1) is 14.7. The van der Waals surface area contributed by atoms with Crippen molar-refractivity contribution in [2.45, 2.75) is 24.7 Å². The molecule has 0 aliphatic rings. The number of sulfone groups is 1. The van der Waals surface area contributed by atoms with E-state index in [1.165, 1.54) is 12.1 Å². The van der Waals surface area contributed by atoms with Crippen LogP contribution in [-0.4, -0.2) is 39.1 Å². The Labute approximate surface area is 109 Å². The van der Waals surface area contributed by atoms with Gasteiger partial charge < -0.3 is 4.90 Å². The Balaban J connectivity index is 2.82. The summed E-state index contributed by atoms with van der Waals surface area (Å²) in [6, 6.07) is 6.05. The molecule has 1 aromatic carbocycles. The van der Waals surface area contributed by atoms with Crippen LogP contribution in [0.5, 0.6) is 0 Å². The molecule has 0 N–H and O–H groups in total. The van der Waals surface area contributed by atoms with Crippen molar-refractivity contribution >= 4 is 15.7 Å². The summed E-state index contributed by atoms with van der Waals surface area (Å²) in [6.45, 7) is 2.78. The first-order valence-electron chi connectivity index (χ1n) is 5.92. The molecule has 1 amide bonds. The van der Waals surface area contributed by atoms with Crippen molar-refractivity contribution in [1.29, 1.82) is 0 Å². The number of benzene rings is 1. The molecule has 0 atom stereocenters. The van der Waals surface area contributed by atoms with Crippen molar-refractivity contribution in [3.05, 3.63) is 29.8 Å². The molecule has 0 aliphatic carbocycles. The maximum absolute atomic E-state index is 12.0. The van der Waals surface area contributed by atoms with Crippen LogP contribution in [0.1, 0.15) is 30.1 Å². The summed E-state index contributed by atoms with van der Waals surface area (Å²) in [4.78, 5) is 13.9. The van der Waals surface area contributed by atoms with Crippen LogP contribution in [-0.2, 0) is 9.84 Å². The smallest absolute Gasteiger partial charge is 0.253 e. The summed E-state index contributed by atoms with van der Waals surface area (Å²) in [7, 11) is -1.45. The van der Waals surface area contributed by atoms with Crippen molar-refractivity contribution in [3.63, 3.8) is 0 Å². The van der Waals surface area contributed by atoms with Crippen LogP contribution in [0.4, 0.5) is 0 Å². The summed E-state index contributed by atoms with van der Waals surface area (Å²) in [5.74, 6) is -0.0801. The number of carbonyl (C=O) groups excluding carboxylic acids is 1. The largest absolute Gasteiger partial charge is 0.342 e. The molecule has 18 heavy (non-hydrogen) atoms. The molecule has 0 saturated heterocycles. The summed E-state index contributed by atoms with van der Waals surface area (Å²) >= 11 is 0. The minimum Gasteiger partial charge on any atom is -0.342 e. The Hall–Kier alpha value is -1.36. The van der Waals surface area contributed by atoms with E-state index in [0.717, 1.165) is 19.1 Å². The van der Waals surface area contributed by atoms with Gasteiger partial charge in [0.05, 0.1) is 4.90 Å². The second-order valence-electron chi connectivity index (χ2n) is 4.38. The Kier molecular flexibility index (Phi) is 4.90. The molecular weight excluding hydrogens is 250 g/mol. The van der Waals surface area contributed by atoms with Gasteiger partial charge in [-0.1, -0.05) is 13.3 Å². The first-order chi connectivity index (χ1) is 8.36. The standard InChI is InChI=1S/C13H19NO3S/c1-4-5-10-14(2)13(15)11-6-8-12(9-7-11)18(3,16)17/h6-9H,4-5,10H2,1-3H3. The van der Waals surface area contributed by atoms with E-state index in [1.807, 2.05) is 0 Å². The Bertz CT molecular complexity index is 506. The second kappa shape index (κ2) is 6.00. The molecular formula is C13H19NO3S. The van der Waals surface area contributed by atoms with Crippen LogP contribution < -0.4 is 0 Å². The number of carbonyl (C=O) groups is 1. The highest BCUT2D eigenvalue weighted by atomic mass is 32.2. The number of hydrogen-bond donors (Lipinski definition) is 0. The van der Waals surface area contributed by atoms with E-state index < -0.39 is 9.84 Å².